The fourth-order valence-electron chi connectivity index (χ4n) is 1.06. The SMILES string of the molecule is COCCOc1c(Cl)cccc1S(=O)(=O)O.[NaH]. The summed E-state index contributed by atoms with van der Waals surface area (Å²) in [5.41, 5.74) is 0. The van der Waals surface area contributed by atoms with Crippen molar-refractivity contribution in [2.75, 3.05) is 20.3 Å². The summed E-state index contributed by atoms with van der Waals surface area (Å²) in [6.45, 7) is 0.429. The Morgan fingerprint density at radius 1 is 1.35 bits per heavy atom. The Balaban J connectivity index is 0.00000256. The summed E-state index contributed by atoms with van der Waals surface area (Å²) in [4.78, 5) is -0.351. The summed E-state index contributed by atoms with van der Waals surface area (Å²) in [5.74, 6) is -0.0660. The topological polar surface area (TPSA) is 72.8 Å². The van der Waals surface area contributed by atoms with Crippen LogP contribution in [-0.2, 0) is 14.9 Å². The fourth-order valence-corrected chi connectivity index (χ4v) is 2.00. The second-order valence-corrected chi connectivity index (χ2v) is 4.68. The number of hydrogen-bond acceptors (Lipinski definition) is 4. The molecule has 0 amide bonds. The van der Waals surface area contributed by atoms with Crippen LogP contribution >= 0.6 is 11.6 Å². The van der Waals surface area contributed by atoms with E-state index in [1.54, 1.807) is 0 Å². The van der Waals surface area contributed by atoms with Crippen LogP contribution in [0.4, 0.5) is 0 Å². The van der Waals surface area contributed by atoms with Crippen molar-refractivity contribution in [3.63, 3.8) is 0 Å². The van der Waals surface area contributed by atoms with Gasteiger partial charge in [0.2, 0.25) is 0 Å². The third kappa shape index (κ3) is 5.13. The van der Waals surface area contributed by atoms with Crippen molar-refractivity contribution in [2.45, 2.75) is 4.90 Å². The summed E-state index contributed by atoms with van der Waals surface area (Å²) in [6.07, 6.45) is 0. The molecule has 0 radical (unpaired) electrons. The van der Waals surface area contributed by atoms with Crippen molar-refractivity contribution in [2.24, 2.45) is 0 Å². The predicted molar refractivity (Wildman–Crippen MR) is 65.8 cm³/mol. The minimum absolute atomic E-state index is 0. The molecule has 0 aliphatic carbocycles. The van der Waals surface area contributed by atoms with Crippen LogP contribution in [0.25, 0.3) is 0 Å². The molecule has 1 N–H and O–H groups in total. The molecule has 92 valence electrons. The van der Waals surface area contributed by atoms with Crippen molar-refractivity contribution in [3.05, 3.63) is 23.2 Å². The molecule has 0 saturated heterocycles. The molecule has 1 aromatic rings. The van der Waals surface area contributed by atoms with Gasteiger partial charge in [-0.05, 0) is 12.1 Å². The van der Waals surface area contributed by atoms with Crippen molar-refractivity contribution >= 4 is 51.3 Å². The molecule has 1 aromatic carbocycles. The standard InChI is InChI=1S/C9H11ClO5S.Na.H/c1-14-5-6-15-9-7(10)3-2-4-8(9)16(11,12)13;;/h2-4H,5-6H2,1H3,(H,11,12,13);;. The van der Waals surface area contributed by atoms with E-state index < -0.39 is 10.1 Å². The van der Waals surface area contributed by atoms with Crippen LogP contribution in [0.1, 0.15) is 0 Å². The van der Waals surface area contributed by atoms with Crippen molar-refractivity contribution in [1.29, 1.82) is 0 Å². The summed E-state index contributed by atoms with van der Waals surface area (Å²) < 4.78 is 40.9. The Kier molecular flexibility index (Phi) is 7.66. The molecular weight excluding hydrogens is 279 g/mol. The van der Waals surface area contributed by atoms with E-state index in [-0.39, 0.29) is 58.4 Å². The van der Waals surface area contributed by atoms with Gasteiger partial charge in [0.15, 0.2) is 5.75 Å². The Morgan fingerprint density at radius 3 is 2.53 bits per heavy atom. The molecule has 0 fully saturated rings. The van der Waals surface area contributed by atoms with Gasteiger partial charge >= 0.3 is 29.6 Å². The van der Waals surface area contributed by atoms with Crippen molar-refractivity contribution < 1.29 is 22.4 Å². The van der Waals surface area contributed by atoms with Gasteiger partial charge in [0, 0.05) is 7.11 Å². The first kappa shape index (κ1) is 17.2. The second kappa shape index (κ2) is 7.58. The molecule has 1 rings (SSSR count). The van der Waals surface area contributed by atoms with Gasteiger partial charge in [0.05, 0.1) is 11.6 Å². The maximum atomic E-state index is 11.0. The molecule has 0 atom stereocenters. The molecule has 0 heterocycles. The van der Waals surface area contributed by atoms with Crippen molar-refractivity contribution in [1.82, 2.24) is 0 Å². The Bertz CT molecular complexity index is 462. The van der Waals surface area contributed by atoms with E-state index in [1.807, 2.05) is 0 Å². The van der Waals surface area contributed by atoms with Gasteiger partial charge in [0.25, 0.3) is 10.1 Å². The van der Waals surface area contributed by atoms with E-state index in [0.29, 0.717) is 0 Å². The zero-order valence-electron chi connectivity index (χ0n) is 8.51. The molecule has 0 saturated carbocycles. The molecule has 0 aliphatic heterocycles. The van der Waals surface area contributed by atoms with Crippen LogP contribution in [-0.4, -0.2) is 62.9 Å². The number of para-hydroxylation sites is 1. The summed E-state index contributed by atoms with van der Waals surface area (Å²) in [6, 6.07) is 4.09. The van der Waals surface area contributed by atoms with Crippen LogP contribution in [0.3, 0.4) is 0 Å². The van der Waals surface area contributed by atoms with Gasteiger partial charge in [-0.2, -0.15) is 8.42 Å². The minimum atomic E-state index is -4.34. The van der Waals surface area contributed by atoms with E-state index in [2.05, 4.69) is 0 Å². The van der Waals surface area contributed by atoms with Crippen LogP contribution in [0, 0.1) is 0 Å². The third-order valence-electron chi connectivity index (χ3n) is 1.74. The van der Waals surface area contributed by atoms with Crippen LogP contribution in [0.5, 0.6) is 5.75 Å². The average Bonchev–Trinajstić information content (AvgIpc) is 2.19. The molecule has 0 aliphatic rings. The van der Waals surface area contributed by atoms with Gasteiger partial charge in [0.1, 0.15) is 11.5 Å². The van der Waals surface area contributed by atoms with Gasteiger partial charge in [-0.15, -0.1) is 0 Å². The zero-order chi connectivity index (χ0) is 12.2. The van der Waals surface area contributed by atoms with Crippen LogP contribution < -0.4 is 4.74 Å². The fraction of sp³-hybridized carbons (Fsp3) is 0.333. The van der Waals surface area contributed by atoms with Gasteiger partial charge in [-0.3, -0.25) is 4.55 Å². The van der Waals surface area contributed by atoms with E-state index in [0.717, 1.165) is 0 Å². The molecule has 0 aromatic heterocycles. The van der Waals surface area contributed by atoms with Crippen molar-refractivity contribution in [3.8, 4) is 5.75 Å². The third-order valence-corrected chi connectivity index (χ3v) is 2.92. The maximum absolute atomic E-state index is 11.0. The molecule has 17 heavy (non-hydrogen) atoms. The Labute approximate surface area is 127 Å². The Morgan fingerprint density at radius 2 is 2.00 bits per heavy atom. The van der Waals surface area contributed by atoms with Crippen LogP contribution in [0.15, 0.2) is 23.1 Å². The molecule has 5 nitrogen and oxygen atoms in total. The first-order chi connectivity index (χ1) is 7.46. The number of hydrogen-bond donors (Lipinski definition) is 1. The van der Waals surface area contributed by atoms with Gasteiger partial charge in [-0.25, -0.2) is 0 Å². The Hall–Kier alpha value is 0.180. The van der Waals surface area contributed by atoms with Crippen LogP contribution in [0.2, 0.25) is 5.02 Å². The molecule has 0 bridgehead atoms. The van der Waals surface area contributed by atoms with E-state index in [9.17, 15) is 8.42 Å². The van der Waals surface area contributed by atoms with E-state index >= 15 is 0 Å². The first-order valence-electron chi connectivity index (χ1n) is 4.34. The van der Waals surface area contributed by atoms with E-state index in [1.165, 1.54) is 25.3 Å². The zero-order valence-corrected chi connectivity index (χ0v) is 10.1. The van der Waals surface area contributed by atoms with Gasteiger partial charge in [-0.1, -0.05) is 17.7 Å². The second-order valence-electron chi connectivity index (χ2n) is 2.88. The summed E-state index contributed by atoms with van der Waals surface area (Å²) in [5, 5.41) is 0.117. The average molecular weight is 291 g/mol. The molecular formula is C9H12ClNaO5S. The normalized spacial score (nSPS) is 10.8. The number of methoxy groups -OCH3 is 1. The monoisotopic (exact) mass is 290 g/mol. The first-order valence-corrected chi connectivity index (χ1v) is 6.16. The number of halogens is 1. The van der Waals surface area contributed by atoms with E-state index in [4.69, 9.17) is 25.6 Å². The number of rotatable bonds is 5. The summed E-state index contributed by atoms with van der Waals surface area (Å²) >= 11 is 5.77. The summed E-state index contributed by atoms with van der Waals surface area (Å²) in [7, 11) is -2.86. The predicted octanol–water partition coefficient (Wildman–Crippen LogP) is 0.963. The van der Waals surface area contributed by atoms with Gasteiger partial charge < -0.3 is 9.47 Å². The number of benzene rings is 1. The number of ether oxygens (including phenoxy) is 2. The molecule has 0 spiro atoms. The quantitative estimate of drug-likeness (QED) is 0.497. The molecule has 8 heteroatoms. The molecule has 0 unspecified atom stereocenters.